The molecule has 3 N–H and O–H groups in total. The lowest BCUT2D eigenvalue weighted by atomic mass is 10.1. The van der Waals surface area contributed by atoms with Gasteiger partial charge in [-0.25, -0.2) is 9.18 Å². The fourth-order valence-electron chi connectivity index (χ4n) is 2.37. The average molecular weight is 374 g/mol. The second-order valence-electron chi connectivity index (χ2n) is 6.10. The van der Waals surface area contributed by atoms with E-state index in [1.165, 1.54) is 12.1 Å². The topological polar surface area (TPSA) is 87.7 Å². The van der Waals surface area contributed by atoms with Gasteiger partial charge in [-0.3, -0.25) is 4.79 Å². The van der Waals surface area contributed by atoms with E-state index >= 15 is 0 Å². The van der Waals surface area contributed by atoms with Crippen molar-refractivity contribution in [2.75, 3.05) is 6.54 Å². The van der Waals surface area contributed by atoms with E-state index in [0.717, 1.165) is 11.1 Å². The van der Waals surface area contributed by atoms with Crippen LogP contribution in [0.25, 0.3) is 0 Å². The van der Waals surface area contributed by atoms with E-state index in [9.17, 15) is 14.0 Å². The number of hydrogen-bond donors (Lipinski definition) is 3. The monoisotopic (exact) mass is 374 g/mol. The molecule has 7 heteroatoms. The largest absolute Gasteiger partial charge is 0.489 e. The highest BCUT2D eigenvalue weighted by Gasteiger charge is 2.09. The van der Waals surface area contributed by atoms with Crippen LogP contribution in [0, 0.1) is 5.82 Å². The Hall–Kier alpha value is -3.09. The van der Waals surface area contributed by atoms with Crippen molar-refractivity contribution >= 4 is 12.0 Å². The Morgan fingerprint density at radius 2 is 1.78 bits per heavy atom. The molecular formula is C20H23FN2O4. The number of benzene rings is 2. The van der Waals surface area contributed by atoms with Gasteiger partial charge >= 0.3 is 12.0 Å². The van der Waals surface area contributed by atoms with E-state index in [2.05, 4.69) is 10.6 Å². The van der Waals surface area contributed by atoms with Crippen molar-refractivity contribution in [3.8, 4) is 5.75 Å². The van der Waals surface area contributed by atoms with E-state index in [1.54, 1.807) is 12.1 Å². The van der Waals surface area contributed by atoms with Gasteiger partial charge in [-0.1, -0.05) is 24.3 Å². The summed E-state index contributed by atoms with van der Waals surface area (Å²) in [4.78, 5) is 22.2. The Labute approximate surface area is 157 Å². The van der Waals surface area contributed by atoms with Gasteiger partial charge in [0.05, 0.1) is 6.04 Å². The van der Waals surface area contributed by atoms with Crippen molar-refractivity contribution in [1.82, 2.24) is 10.6 Å². The molecule has 6 nitrogen and oxygen atoms in total. The Bertz CT molecular complexity index is 748. The van der Waals surface area contributed by atoms with Gasteiger partial charge in [0.2, 0.25) is 0 Å². The van der Waals surface area contributed by atoms with Crippen LogP contribution in [-0.4, -0.2) is 23.7 Å². The summed E-state index contributed by atoms with van der Waals surface area (Å²) in [6.07, 6.45) is 0.409. The first-order chi connectivity index (χ1) is 12.9. The standard InChI is InChI=1S/C20H23FN2O4/c1-14(23-20(26)22-12-2-3-19(24)25)16-6-10-18(11-7-16)27-13-15-4-8-17(21)9-5-15/h4-11,14H,2-3,12-13H2,1H3,(H,24,25)(H2,22,23,26). The summed E-state index contributed by atoms with van der Waals surface area (Å²) in [5.41, 5.74) is 1.78. The molecule has 0 saturated heterocycles. The summed E-state index contributed by atoms with van der Waals surface area (Å²) in [6.45, 7) is 2.50. The molecule has 2 aromatic carbocycles. The zero-order chi connectivity index (χ0) is 19.6. The fourth-order valence-corrected chi connectivity index (χ4v) is 2.37. The smallest absolute Gasteiger partial charge is 0.315 e. The van der Waals surface area contributed by atoms with Gasteiger partial charge in [0, 0.05) is 13.0 Å². The molecule has 0 bridgehead atoms. The van der Waals surface area contributed by atoms with Crippen LogP contribution in [0.3, 0.4) is 0 Å². The van der Waals surface area contributed by atoms with E-state index in [4.69, 9.17) is 9.84 Å². The summed E-state index contributed by atoms with van der Waals surface area (Å²) in [7, 11) is 0. The second kappa shape index (κ2) is 10.2. The quantitative estimate of drug-likeness (QED) is 0.585. The van der Waals surface area contributed by atoms with Gasteiger partial charge in [-0.05, 0) is 48.7 Å². The normalized spacial score (nSPS) is 11.5. The molecule has 1 atom stereocenters. The number of hydrogen-bond acceptors (Lipinski definition) is 3. The van der Waals surface area contributed by atoms with Crippen LogP contribution in [0.1, 0.15) is 36.9 Å². The molecule has 2 amide bonds. The van der Waals surface area contributed by atoms with Crippen LogP contribution in [0.2, 0.25) is 0 Å². The first-order valence-electron chi connectivity index (χ1n) is 8.67. The minimum absolute atomic E-state index is 0.0230. The molecule has 27 heavy (non-hydrogen) atoms. The molecule has 0 aliphatic heterocycles. The van der Waals surface area contributed by atoms with E-state index < -0.39 is 5.97 Å². The van der Waals surface area contributed by atoms with Crippen molar-refractivity contribution in [2.45, 2.75) is 32.4 Å². The number of carbonyl (C=O) groups is 2. The van der Waals surface area contributed by atoms with E-state index in [1.807, 2.05) is 31.2 Å². The molecule has 0 fully saturated rings. The highest BCUT2D eigenvalue weighted by molar-refractivity contribution is 5.74. The number of carbonyl (C=O) groups excluding carboxylic acids is 1. The summed E-state index contributed by atoms with van der Waals surface area (Å²) in [6, 6.07) is 12.9. The molecule has 2 rings (SSSR count). The van der Waals surface area contributed by atoms with Crippen LogP contribution in [0.5, 0.6) is 5.75 Å². The zero-order valence-electron chi connectivity index (χ0n) is 15.1. The highest BCUT2D eigenvalue weighted by Crippen LogP contribution is 2.18. The molecule has 0 heterocycles. The maximum absolute atomic E-state index is 12.9. The summed E-state index contributed by atoms with van der Waals surface area (Å²) >= 11 is 0. The predicted molar refractivity (Wildman–Crippen MR) is 99.0 cm³/mol. The second-order valence-corrected chi connectivity index (χ2v) is 6.10. The number of nitrogens with one attached hydrogen (secondary N) is 2. The number of carboxylic acids is 1. The lowest BCUT2D eigenvalue weighted by Gasteiger charge is -2.15. The maximum Gasteiger partial charge on any atom is 0.315 e. The molecule has 0 aromatic heterocycles. The minimum atomic E-state index is -0.882. The van der Waals surface area contributed by atoms with Crippen LogP contribution in [0.15, 0.2) is 48.5 Å². The molecule has 0 aliphatic carbocycles. The van der Waals surface area contributed by atoms with E-state index in [0.29, 0.717) is 25.3 Å². The molecule has 1 unspecified atom stereocenters. The van der Waals surface area contributed by atoms with Crippen molar-refractivity contribution in [2.24, 2.45) is 0 Å². The summed E-state index contributed by atoms with van der Waals surface area (Å²) < 4.78 is 18.5. The lowest BCUT2D eigenvalue weighted by molar-refractivity contribution is -0.137. The number of aliphatic carboxylic acids is 1. The number of halogens is 1. The van der Waals surface area contributed by atoms with E-state index in [-0.39, 0.29) is 24.3 Å². The summed E-state index contributed by atoms with van der Waals surface area (Å²) in [5.74, 6) is -0.490. The Morgan fingerprint density at radius 1 is 1.11 bits per heavy atom. The molecular weight excluding hydrogens is 351 g/mol. The van der Waals surface area contributed by atoms with Gasteiger partial charge < -0.3 is 20.5 Å². The molecule has 0 spiro atoms. The Morgan fingerprint density at radius 3 is 2.41 bits per heavy atom. The van der Waals surface area contributed by atoms with Gasteiger partial charge in [-0.15, -0.1) is 0 Å². The average Bonchev–Trinajstić information content (AvgIpc) is 2.65. The van der Waals surface area contributed by atoms with Gasteiger partial charge in [-0.2, -0.15) is 0 Å². The Kier molecular flexibility index (Phi) is 7.61. The highest BCUT2D eigenvalue weighted by atomic mass is 19.1. The third-order valence-electron chi connectivity index (χ3n) is 3.90. The van der Waals surface area contributed by atoms with Crippen LogP contribution in [-0.2, 0) is 11.4 Å². The molecule has 0 saturated carbocycles. The predicted octanol–water partition coefficient (Wildman–Crippen LogP) is 3.63. The van der Waals surface area contributed by atoms with Gasteiger partial charge in [0.15, 0.2) is 0 Å². The number of carboxylic acid groups (broad SMARTS) is 1. The summed E-state index contributed by atoms with van der Waals surface area (Å²) in [5, 5.41) is 14.0. The Balaban J connectivity index is 1.77. The SMILES string of the molecule is CC(NC(=O)NCCCC(=O)O)c1ccc(OCc2ccc(F)cc2)cc1. The van der Waals surface area contributed by atoms with Crippen LogP contribution >= 0.6 is 0 Å². The van der Waals surface area contributed by atoms with Crippen LogP contribution < -0.4 is 15.4 Å². The third-order valence-corrected chi connectivity index (χ3v) is 3.90. The van der Waals surface area contributed by atoms with Crippen molar-refractivity contribution < 1.29 is 23.8 Å². The first kappa shape index (κ1) is 20.2. The van der Waals surface area contributed by atoms with Crippen molar-refractivity contribution in [3.05, 3.63) is 65.5 Å². The number of ether oxygens (including phenoxy) is 1. The molecule has 0 aliphatic rings. The number of amides is 2. The van der Waals surface area contributed by atoms with Crippen LogP contribution in [0.4, 0.5) is 9.18 Å². The number of rotatable bonds is 9. The lowest BCUT2D eigenvalue weighted by Crippen LogP contribution is -2.37. The minimum Gasteiger partial charge on any atom is -0.489 e. The zero-order valence-corrected chi connectivity index (χ0v) is 15.1. The number of urea groups is 1. The molecule has 2 aromatic rings. The molecule has 144 valence electrons. The van der Waals surface area contributed by atoms with Gasteiger partial charge in [0.25, 0.3) is 0 Å². The van der Waals surface area contributed by atoms with Crippen molar-refractivity contribution in [1.29, 1.82) is 0 Å². The molecule has 0 radical (unpaired) electrons. The van der Waals surface area contributed by atoms with Gasteiger partial charge in [0.1, 0.15) is 18.2 Å². The maximum atomic E-state index is 12.9. The van der Waals surface area contributed by atoms with Crippen molar-refractivity contribution in [3.63, 3.8) is 0 Å². The first-order valence-corrected chi connectivity index (χ1v) is 8.67. The third kappa shape index (κ3) is 7.35. The fraction of sp³-hybridized carbons (Fsp3) is 0.300.